The maximum absolute atomic E-state index is 12.7. The van der Waals surface area contributed by atoms with Gasteiger partial charge in [0.2, 0.25) is 0 Å². The van der Waals surface area contributed by atoms with Gasteiger partial charge in [0.1, 0.15) is 0 Å². The smallest absolute Gasteiger partial charge is 0.253 e. The molecule has 0 aliphatic heterocycles. The first-order chi connectivity index (χ1) is 14.0. The number of H-pyrrole nitrogens is 1. The fourth-order valence-electron chi connectivity index (χ4n) is 4.17. The molecule has 4 nitrogen and oxygen atoms in total. The summed E-state index contributed by atoms with van der Waals surface area (Å²) in [5.74, 6) is 0. The minimum absolute atomic E-state index is 0.0392. The number of aromatic amines is 1. The lowest BCUT2D eigenvalue weighted by molar-refractivity contribution is 0.311. The van der Waals surface area contributed by atoms with Crippen molar-refractivity contribution in [1.82, 2.24) is 9.88 Å². The van der Waals surface area contributed by atoms with Crippen molar-refractivity contribution < 1.29 is 0 Å². The van der Waals surface area contributed by atoms with Gasteiger partial charge in [-0.2, -0.15) is 0 Å². The summed E-state index contributed by atoms with van der Waals surface area (Å²) in [6.07, 6.45) is 4.64. The van der Waals surface area contributed by atoms with Crippen molar-refractivity contribution in [3.8, 4) is 0 Å². The highest BCUT2D eigenvalue weighted by Crippen LogP contribution is 2.26. The van der Waals surface area contributed by atoms with Crippen LogP contribution < -0.4 is 10.9 Å². The number of fused-ring (bicyclic) bond motifs is 1. The fourth-order valence-corrected chi connectivity index (χ4v) is 4.50. The SMILES string of the molecule is Cc1cccc(NC(=S)N(Cc2cc3cc(C)ccc3[nH]c2=O)C2CCCC2)c1. The van der Waals surface area contributed by atoms with Crippen LogP contribution in [-0.2, 0) is 6.54 Å². The third kappa shape index (κ3) is 4.51. The number of aryl methyl sites for hydroxylation is 2. The maximum atomic E-state index is 12.7. The molecule has 4 rings (SSSR count). The van der Waals surface area contributed by atoms with Crippen LogP contribution in [0.1, 0.15) is 42.4 Å². The van der Waals surface area contributed by atoms with Gasteiger partial charge in [-0.25, -0.2) is 0 Å². The van der Waals surface area contributed by atoms with E-state index in [1.807, 2.05) is 30.3 Å². The van der Waals surface area contributed by atoms with E-state index < -0.39 is 0 Å². The van der Waals surface area contributed by atoms with Crippen LogP contribution in [0, 0.1) is 13.8 Å². The second-order valence-electron chi connectivity index (χ2n) is 8.08. The monoisotopic (exact) mass is 405 g/mol. The minimum Gasteiger partial charge on any atom is -0.342 e. The molecule has 1 aliphatic carbocycles. The Morgan fingerprint density at radius 1 is 1.10 bits per heavy atom. The molecule has 29 heavy (non-hydrogen) atoms. The molecule has 0 amide bonds. The van der Waals surface area contributed by atoms with Crippen LogP contribution in [0.5, 0.6) is 0 Å². The van der Waals surface area contributed by atoms with E-state index in [2.05, 4.69) is 47.2 Å². The first kappa shape index (κ1) is 19.6. The summed E-state index contributed by atoms with van der Waals surface area (Å²) in [4.78, 5) is 18.0. The summed E-state index contributed by atoms with van der Waals surface area (Å²) in [6.45, 7) is 4.65. The zero-order chi connectivity index (χ0) is 20.4. The highest BCUT2D eigenvalue weighted by molar-refractivity contribution is 7.80. The molecule has 1 aliphatic rings. The second kappa shape index (κ2) is 8.37. The number of nitrogens with one attached hydrogen (secondary N) is 2. The number of thiocarbonyl (C=S) groups is 1. The summed E-state index contributed by atoms with van der Waals surface area (Å²) in [6, 6.07) is 16.7. The van der Waals surface area contributed by atoms with E-state index in [0.717, 1.165) is 35.0 Å². The second-order valence-corrected chi connectivity index (χ2v) is 8.47. The Morgan fingerprint density at radius 2 is 1.86 bits per heavy atom. The highest BCUT2D eigenvalue weighted by atomic mass is 32.1. The molecule has 1 fully saturated rings. The minimum atomic E-state index is -0.0392. The molecule has 1 aromatic heterocycles. The van der Waals surface area contributed by atoms with Crippen LogP contribution in [0.3, 0.4) is 0 Å². The predicted molar refractivity (Wildman–Crippen MR) is 125 cm³/mol. The van der Waals surface area contributed by atoms with E-state index >= 15 is 0 Å². The number of benzene rings is 2. The molecular formula is C24H27N3OS. The Kier molecular flexibility index (Phi) is 5.67. The quantitative estimate of drug-likeness (QED) is 0.579. The van der Waals surface area contributed by atoms with Crippen LogP contribution in [0.4, 0.5) is 5.69 Å². The lowest BCUT2D eigenvalue weighted by atomic mass is 10.1. The van der Waals surface area contributed by atoms with Crippen molar-refractivity contribution in [3.63, 3.8) is 0 Å². The molecule has 0 bridgehead atoms. The molecular weight excluding hydrogens is 378 g/mol. The van der Waals surface area contributed by atoms with E-state index in [0.29, 0.717) is 17.7 Å². The topological polar surface area (TPSA) is 48.1 Å². The maximum Gasteiger partial charge on any atom is 0.253 e. The van der Waals surface area contributed by atoms with Crippen molar-refractivity contribution in [3.05, 3.63) is 75.6 Å². The molecule has 0 unspecified atom stereocenters. The van der Waals surface area contributed by atoms with Gasteiger partial charge in [-0.3, -0.25) is 4.79 Å². The molecule has 150 valence electrons. The van der Waals surface area contributed by atoms with E-state index in [4.69, 9.17) is 12.2 Å². The third-order valence-electron chi connectivity index (χ3n) is 5.71. The number of hydrogen-bond donors (Lipinski definition) is 2. The molecule has 2 N–H and O–H groups in total. The van der Waals surface area contributed by atoms with Crippen LogP contribution in [0.25, 0.3) is 10.9 Å². The van der Waals surface area contributed by atoms with Gasteiger partial charge in [0.15, 0.2) is 5.11 Å². The number of pyridine rings is 1. The zero-order valence-corrected chi connectivity index (χ0v) is 17.8. The molecule has 0 atom stereocenters. The Labute approximate surface area is 176 Å². The molecule has 2 aromatic carbocycles. The Balaban J connectivity index is 1.63. The summed E-state index contributed by atoms with van der Waals surface area (Å²) < 4.78 is 0. The van der Waals surface area contributed by atoms with Gasteiger partial charge < -0.3 is 15.2 Å². The standard InChI is InChI=1S/C24H27N3OS/c1-16-6-5-7-20(13-16)25-24(29)27(21-8-3-4-9-21)15-19-14-18-12-17(2)10-11-22(18)26-23(19)28/h5-7,10-14,21H,3-4,8-9,15H2,1-2H3,(H,25,29)(H,26,28). The number of anilines is 1. The number of nitrogens with zero attached hydrogens (tertiary/aromatic N) is 1. The lowest BCUT2D eigenvalue weighted by Gasteiger charge is -2.31. The Bertz CT molecular complexity index is 1100. The van der Waals surface area contributed by atoms with Gasteiger partial charge in [0.05, 0.1) is 6.54 Å². The van der Waals surface area contributed by atoms with Crippen molar-refractivity contribution in [2.24, 2.45) is 0 Å². The number of rotatable bonds is 4. The first-order valence-corrected chi connectivity index (χ1v) is 10.7. The number of aromatic nitrogens is 1. The van der Waals surface area contributed by atoms with E-state index in [1.54, 1.807) is 0 Å². The zero-order valence-electron chi connectivity index (χ0n) is 17.0. The first-order valence-electron chi connectivity index (χ1n) is 10.3. The summed E-state index contributed by atoms with van der Waals surface area (Å²) >= 11 is 5.80. The third-order valence-corrected chi connectivity index (χ3v) is 6.05. The fraction of sp³-hybridized carbons (Fsp3) is 0.333. The summed E-state index contributed by atoms with van der Waals surface area (Å²) in [7, 11) is 0. The van der Waals surface area contributed by atoms with Gasteiger partial charge >= 0.3 is 0 Å². The lowest BCUT2D eigenvalue weighted by Crippen LogP contribution is -2.42. The predicted octanol–water partition coefficient (Wildman–Crippen LogP) is 5.29. The van der Waals surface area contributed by atoms with Gasteiger partial charge in [0, 0.05) is 22.8 Å². The van der Waals surface area contributed by atoms with Crippen molar-refractivity contribution in [2.75, 3.05) is 5.32 Å². The van der Waals surface area contributed by atoms with Gasteiger partial charge in [-0.05, 0) is 80.2 Å². The van der Waals surface area contributed by atoms with Gasteiger partial charge in [-0.15, -0.1) is 0 Å². The molecule has 1 saturated carbocycles. The van der Waals surface area contributed by atoms with Crippen molar-refractivity contribution in [2.45, 2.75) is 52.1 Å². The van der Waals surface area contributed by atoms with Gasteiger partial charge in [-0.1, -0.05) is 36.6 Å². The molecule has 1 heterocycles. The summed E-state index contributed by atoms with van der Waals surface area (Å²) in [5.41, 5.74) is 4.94. The molecule has 0 spiro atoms. The van der Waals surface area contributed by atoms with Crippen molar-refractivity contribution >= 4 is 33.9 Å². The van der Waals surface area contributed by atoms with Crippen LogP contribution in [-0.4, -0.2) is 21.0 Å². The van der Waals surface area contributed by atoms with Crippen LogP contribution in [0.15, 0.2) is 53.3 Å². The molecule has 0 saturated heterocycles. The molecule has 5 heteroatoms. The Morgan fingerprint density at radius 3 is 2.62 bits per heavy atom. The van der Waals surface area contributed by atoms with Crippen molar-refractivity contribution in [1.29, 1.82) is 0 Å². The normalized spacial score (nSPS) is 14.3. The average Bonchev–Trinajstić information content (AvgIpc) is 3.21. The van der Waals surface area contributed by atoms with E-state index in [1.165, 1.54) is 24.0 Å². The Hall–Kier alpha value is -2.66. The number of hydrogen-bond acceptors (Lipinski definition) is 2. The molecule has 3 aromatic rings. The van der Waals surface area contributed by atoms with Gasteiger partial charge in [0.25, 0.3) is 5.56 Å². The molecule has 0 radical (unpaired) electrons. The van der Waals surface area contributed by atoms with E-state index in [-0.39, 0.29) is 5.56 Å². The van der Waals surface area contributed by atoms with E-state index in [9.17, 15) is 4.79 Å². The summed E-state index contributed by atoms with van der Waals surface area (Å²) in [5, 5.41) is 5.14. The van der Waals surface area contributed by atoms with Crippen LogP contribution in [0.2, 0.25) is 0 Å². The van der Waals surface area contributed by atoms with Crippen LogP contribution >= 0.6 is 12.2 Å². The average molecular weight is 406 g/mol. The highest BCUT2D eigenvalue weighted by Gasteiger charge is 2.25. The largest absolute Gasteiger partial charge is 0.342 e.